The van der Waals surface area contributed by atoms with Crippen molar-refractivity contribution in [1.82, 2.24) is 0 Å². The highest BCUT2D eigenvalue weighted by molar-refractivity contribution is 6.01. The number of carbonyl (C=O) groups is 1. The van der Waals surface area contributed by atoms with Crippen molar-refractivity contribution in [3.63, 3.8) is 0 Å². The van der Waals surface area contributed by atoms with E-state index in [-0.39, 0.29) is 12.2 Å². The molecule has 0 aliphatic carbocycles. The summed E-state index contributed by atoms with van der Waals surface area (Å²) in [5.74, 6) is 1.04. The van der Waals surface area contributed by atoms with Crippen molar-refractivity contribution in [3.05, 3.63) is 5.57 Å². The molecule has 5 nitrogen and oxygen atoms in total. The lowest BCUT2D eigenvalue weighted by atomic mass is 10.1. The summed E-state index contributed by atoms with van der Waals surface area (Å²) in [7, 11) is 4.25. The van der Waals surface area contributed by atoms with Gasteiger partial charge in [0, 0.05) is 5.87 Å². The van der Waals surface area contributed by atoms with E-state index in [1.165, 1.54) is 64.2 Å². The number of hydrogen-bond acceptors (Lipinski definition) is 4. The molecule has 5 heteroatoms. The molecular formula is C20H36N3O2+. The summed E-state index contributed by atoms with van der Waals surface area (Å²) in [6.07, 6.45) is 13.3. The number of rotatable bonds is 15. The molecule has 0 aromatic rings. The van der Waals surface area contributed by atoms with E-state index in [4.69, 9.17) is 15.4 Å². The Hall–Kier alpha value is -1.63. The van der Waals surface area contributed by atoms with Gasteiger partial charge in [-0.25, -0.2) is 4.79 Å². The van der Waals surface area contributed by atoms with Crippen LogP contribution in [0, 0.1) is 16.7 Å². The first kappa shape index (κ1) is 23.4. The maximum Gasteiger partial charge on any atom is 0.358 e. The van der Waals surface area contributed by atoms with Gasteiger partial charge in [-0.3, -0.25) is 5.41 Å². The Morgan fingerprint density at radius 1 is 0.960 bits per heavy atom. The van der Waals surface area contributed by atoms with Gasteiger partial charge >= 0.3 is 5.97 Å². The van der Waals surface area contributed by atoms with Gasteiger partial charge in [0.2, 0.25) is 0 Å². The molecule has 0 saturated heterocycles. The van der Waals surface area contributed by atoms with Crippen LogP contribution in [0.1, 0.15) is 71.1 Å². The Labute approximate surface area is 153 Å². The molecule has 0 atom stereocenters. The number of carbonyl (C=O) groups excluding carboxylic acids is 1. The first-order chi connectivity index (χ1) is 12.0. The lowest BCUT2D eigenvalue weighted by Gasteiger charge is -2.29. The van der Waals surface area contributed by atoms with Crippen LogP contribution in [0.5, 0.6) is 0 Å². The van der Waals surface area contributed by atoms with E-state index in [2.05, 4.69) is 21.0 Å². The van der Waals surface area contributed by atoms with Crippen LogP contribution in [0.3, 0.4) is 0 Å². The highest BCUT2D eigenvalue weighted by atomic mass is 16.5. The summed E-state index contributed by atoms with van der Waals surface area (Å²) < 4.78 is 5.82. The highest BCUT2D eigenvalue weighted by Gasteiger charge is 2.17. The molecule has 0 saturated carbocycles. The lowest BCUT2D eigenvalue weighted by Crippen LogP contribution is -2.43. The van der Waals surface area contributed by atoms with Gasteiger partial charge in [0.15, 0.2) is 5.57 Å². The van der Waals surface area contributed by atoms with Crippen LogP contribution in [0.4, 0.5) is 0 Å². The summed E-state index contributed by atoms with van der Waals surface area (Å²) >= 11 is 0. The maximum atomic E-state index is 11.5. The standard InChI is InChI=1S/C20H36N3O2/c1-4-5-6-7-8-9-10-11-12-13-14-23(2,3)15-16-25-20(24)19(17-21)18-22/h21H,4-16H2,1-3H3/q+1. The molecule has 0 aliphatic heterocycles. The number of likely N-dealkylation sites (N-methyl/N-ethyl adjacent to an activating group) is 1. The second-order valence-electron chi connectivity index (χ2n) is 7.31. The summed E-state index contributed by atoms with van der Waals surface area (Å²) in [5.41, 5.74) is -0.375. The lowest BCUT2D eigenvalue weighted by molar-refractivity contribution is -0.890. The van der Waals surface area contributed by atoms with Gasteiger partial charge in [-0.1, -0.05) is 58.3 Å². The molecule has 0 aromatic carbocycles. The minimum Gasteiger partial charge on any atom is -0.455 e. The van der Waals surface area contributed by atoms with Crippen molar-refractivity contribution >= 4 is 11.8 Å². The van der Waals surface area contributed by atoms with Crippen molar-refractivity contribution in [2.75, 3.05) is 33.8 Å². The van der Waals surface area contributed by atoms with Gasteiger partial charge in [0.1, 0.15) is 19.2 Å². The van der Waals surface area contributed by atoms with Crippen LogP contribution in [0.2, 0.25) is 0 Å². The van der Waals surface area contributed by atoms with Crippen LogP contribution in [-0.2, 0) is 9.53 Å². The first-order valence-electron chi connectivity index (χ1n) is 9.65. The third kappa shape index (κ3) is 13.3. The highest BCUT2D eigenvalue weighted by Crippen LogP contribution is 2.11. The molecular weight excluding hydrogens is 314 g/mol. The number of hydrogen-bond donors (Lipinski definition) is 1. The van der Waals surface area contributed by atoms with Crippen LogP contribution in [0.15, 0.2) is 5.57 Å². The molecule has 142 valence electrons. The molecule has 0 spiro atoms. The quantitative estimate of drug-likeness (QED) is 0.120. The third-order valence-electron chi connectivity index (χ3n) is 4.49. The minimum atomic E-state index is -0.753. The van der Waals surface area contributed by atoms with Crippen LogP contribution in [0.25, 0.3) is 0 Å². The molecule has 0 amide bonds. The second-order valence-corrected chi connectivity index (χ2v) is 7.31. The van der Waals surface area contributed by atoms with E-state index < -0.39 is 5.97 Å². The van der Waals surface area contributed by atoms with Crippen LogP contribution >= 0.6 is 0 Å². The molecule has 0 radical (unpaired) electrons. The summed E-state index contributed by atoms with van der Waals surface area (Å²) in [5, 5.41) is 15.5. The Morgan fingerprint density at radius 2 is 1.48 bits per heavy atom. The van der Waals surface area contributed by atoms with Crippen molar-refractivity contribution < 1.29 is 14.0 Å². The van der Waals surface area contributed by atoms with Gasteiger partial charge in [0.25, 0.3) is 0 Å². The summed E-state index contributed by atoms with van der Waals surface area (Å²) in [6, 6.07) is 1.61. The Bertz CT molecular complexity index is 460. The second kappa shape index (κ2) is 14.7. The first-order valence-corrected chi connectivity index (χ1v) is 9.65. The predicted molar refractivity (Wildman–Crippen MR) is 101 cm³/mol. The average Bonchev–Trinajstić information content (AvgIpc) is 2.57. The Morgan fingerprint density at radius 3 is 1.96 bits per heavy atom. The van der Waals surface area contributed by atoms with E-state index in [1.54, 1.807) is 11.9 Å². The van der Waals surface area contributed by atoms with E-state index in [9.17, 15) is 4.79 Å². The fourth-order valence-electron chi connectivity index (χ4n) is 2.72. The summed E-state index contributed by atoms with van der Waals surface area (Å²) in [6.45, 7) is 4.27. The molecule has 0 rings (SSSR count). The van der Waals surface area contributed by atoms with Gasteiger partial charge in [-0.15, -0.1) is 0 Å². The zero-order valence-electron chi connectivity index (χ0n) is 16.4. The Balaban J connectivity index is 3.66. The van der Waals surface area contributed by atoms with Gasteiger partial charge in [-0.2, -0.15) is 5.26 Å². The van der Waals surface area contributed by atoms with Crippen molar-refractivity contribution in [3.8, 4) is 6.07 Å². The van der Waals surface area contributed by atoms with Crippen molar-refractivity contribution in [2.45, 2.75) is 71.1 Å². The smallest absolute Gasteiger partial charge is 0.358 e. The third-order valence-corrected chi connectivity index (χ3v) is 4.49. The van der Waals surface area contributed by atoms with Gasteiger partial charge in [-0.05, 0) is 12.8 Å². The average molecular weight is 351 g/mol. The largest absolute Gasteiger partial charge is 0.455 e. The van der Waals surface area contributed by atoms with Gasteiger partial charge in [0.05, 0.1) is 20.6 Å². The molecule has 0 aromatic heterocycles. The molecule has 1 N–H and O–H groups in total. The molecule has 0 aliphatic rings. The predicted octanol–water partition coefficient (Wildman–Crippen LogP) is 4.23. The number of nitrogens with zero attached hydrogens (tertiary/aromatic N) is 2. The molecule has 0 fully saturated rings. The molecule has 0 heterocycles. The Kier molecular flexibility index (Phi) is 13.7. The molecule has 0 unspecified atom stereocenters. The van der Waals surface area contributed by atoms with Crippen molar-refractivity contribution in [2.24, 2.45) is 0 Å². The molecule has 0 bridgehead atoms. The summed E-state index contributed by atoms with van der Waals surface area (Å²) in [4.78, 5) is 11.5. The van der Waals surface area contributed by atoms with Crippen molar-refractivity contribution in [1.29, 1.82) is 10.7 Å². The zero-order valence-corrected chi connectivity index (χ0v) is 16.4. The monoisotopic (exact) mass is 350 g/mol. The number of quaternary nitrogens is 1. The van der Waals surface area contributed by atoms with E-state index >= 15 is 0 Å². The van der Waals surface area contributed by atoms with Crippen LogP contribution in [-0.4, -0.2) is 50.1 Å². The topological polar surface area (TPSA) is 73.9 Å². The maximum absolute atomic E-state index is 11.5. The number of nitriles is 1. The number of esters is 1. The minimum absolute atomic E-state index is 0.260. The normalized spacial score (nSPS) is 10.8. The fraction of sp³-hybridized carbons (Fsp3) is 0.800. The zero-order chi connectivity index (χ0) is 19.0. The molecule has 25 heavy (non-hydrogen) atoms. The number of nitrogens with one attached hydrogen (secondary N) is 1. The number of ether oxygens (including phenoxy) is 1. The fourth-order valence-corrected chi connectivity index (χ4v) is 2.72. The van der Waals surface area contributed by atoms with E-state index in [0.717, 1.165) is 11.0 Å². The van der Waals surface area contributed by atoms with E-state index in [0.29, 0.717) is 6.54 Å². The van der Waals surface area contributed by atoms with E-state index in [1.807, 2.05) is 0 Å². The SMILES string of the molecule is CCCCCCCCCCCC[N+](C)(C)CCOC(=O)C(=C=N)C#N. The van der Waals surface area contributed by atoms with Crippen LogP contribution < -0.4 is 0 Å². The van der Waals surface area contributed by atoms with Gasteiger partial charge < -0.3 is 9.22 Å². The number of unbranched alkanes of at least 4 members (excludes halogenated alkanes) is 9.